The number of methoxy groups -OCH3 is 1. The molecule has 9 nitrogen and oxygen atoms in total. The number of aromatic amines is 1. The lowest BCUT2D eigenvalue weighted by Crippen LogP contribution is -2.73. The summed E-state index contributed by atoms with van der Waals surface area (Å²) in [4.78, 5) is 39.8. The van der Waals surface area contributed by atoms with Gasteiger partial charge >= 0.3 is 0 Å². The molecule has 4 aliphatic rings. The zero-order chi connectivity index (χ0) is 35.1. The van der Waals surface area contributed by atoms with Crippen LogP contribution in [0.3, 0.4) is 0 Å². The van der Waals surface area contributed by atoms with E-state index in [1.54, 1.807) is 25.3 Å². The highest BCUT2D eigenvalue weighted by Crippen LogP contribution is 2.48. The smallest absolute Gasteiger partial charge is 0.258 e. The molecule has 8 atom stereocenters. The van der Waals surface area contributed by atoms with Crippen LogP contribution in [0.25, 0.3) is 10.9 Å². The number of rotatable bonds is 10. The minimum absolute atomic E-state index is 0.0274. The second-order valence-electron chi connectivity index (χ2n) is 14.6. The van der Waals surface area contributed by atoms with Gasteiger partial charge in [0.1, 0.15) is 11.9 Å². The number of hydrogen-bond donors (Lipinski definition) is 2. The summed E-state index contributed by atoms with van der Waals surface area (Å²) < 4.78 is 28.8. The number of carbonyl (C=O) groups excluding carboxylic acids is 2. The number of benzene rings is 2. The molecule has 3 fully saturated rings. The second kappa shape index (κ2) is 14.2. The van der Waals surface area contributed by atoms with Crippen LogP contribution in [0, 0.1) is 5.92 Å². The number of pyridine rings is 1. The fourth-order valence-corrected chi connectivity index (χ4v) is 9.02. The summed E-state index contributed by atoms with van der Waals surface area (Å²) in [6, 6.07) is 21.3. The van der Waals surface area contributed by atoms with E-state index in [1.165, 1.54) is 5.56 Å². The van der Waals surface area contributed by atoms with Gasteiger partial charge in [0.25, 0.3) is 5.91 Å². The van der Waals surface area contributed by atoms with Crippen LogP contribution in [0.4, 0.5) is 4.39 Å². The van der Waals surface area contributed by atoms with E-state index in [0.717, 1.165) is 47.2 Å². The molecule has 1 saturated heterocycles. The molecule has 4 aromatic rings. The maximum Gasteiger partial charge on any atom is 0.258 e. The number of amides is 1. The van der Waals surface area contributed by atoms with Gasteiger partial charge in [0, 0.05) is 61.1 Å². The van der Waals surface area contributed by atoms with E-state index in [-0.39, 0.29) is 41.9 Å². The zero-order valence-corrected chi connectivity index (χ0v) is 29.2. The minimum Gasteiger partial charge on any atom is -0.497 e. The van der Waals surface area contributed by atoms with E-state index in [4.69, 9.17) is 9.47 Å². The number of aromatic nitrogens is 2. The standard InChI is InChI=1S/C41H46FN5O4/c1-46(19-16-28-10-6-7-17-43-28)41(49)32-24-47-35-20-26(25-8-4-3-5-9-25)11-14-36(35)51-40-37(33(42)22-31(38(40)47)39(32)48)44-18-15-27-23-45-34-13-12-29(50-2)21-30(27)34/h3-10,12-13,17,21,23-24,26,31,33,35-38,40,44-45H,11,14-16,18-20,22H2,1-2H3. The number of carbonyl (C=O) groups is 2. The molecule has 2 aliphatic heterocycles. The molecule has 0 bridgehead atoms. The van der Waals surface area contributed by atoms with Crippen molar-refractivity contribution < 1.29 is 23.5 Å². The molecule has 2 aliphatic carbocycles. The molecular formula is C41H46FN5O4. The number of hydrogen-bond acceptors (Lipinski definition) is 7. The third kappa shape index (κ3) is 6.44. The molecule has 8 rings (SSSR count). The lowest BCUT2D eigenvalue weighted by molar-refractivity contribution is -0.198. The molecule has 0 radical (unpaired) electrons. The predicted molar refractivity (Wildman–Crippen MR) is 193 cm³/mol. The zero-order valence-electron chi connectivity index (χ0n) is 29.2. The molecule has 8 unspecified atom stereocenters. The molecule has 2 aromatic heterocycles. The van der Waals surface area contributed by atoms with Gasteiger partial charge in [-0.3, -0.25) is 14.6 Å². The number of ketones is 1. The molecular weight excluding hydrogens is 645 g/mol. The second-order valence-corrected chi connectivity index (χ2v) is 14.6. The number of morpholine rings is 1. The molecule has 2 saturated carbocycles. The Hall–Kier alpha value is -4.54. The average molecular weight is 692 g/mol. The van der Waals surface area contributed by atoms with Gasteiger partial charge in [-0.2, -0.15) is 0 Å². The summed E-state index contributed by atoms with van der Waals surface area (Å²) in [5, 5.41) is 4.62. The van der Waals surface area contributed by atoms with Gasteiger partial charge in [0.2, 0.25) is 0 Å². The van der Waals surface area contributed by atoms with Crippen LogP contribution in [-0.4, -0.2) is 95.2 Å². The first-order valence-corrected chi connectivity index (χ1v) is 18.3. The molecule has 10 heteroatoms. The van der Waals surface area contributed by atoms with Crippen molar-refractivity contribution >= 4 is 22.6 Å². The van der Waals surface area contributed by atoms with E-state index in [1.807, 2.05) is 54.9 Å². The number of nitrogens with zero attached hydrogens (tertiary/aromatic N) is 3. The molecule has 266 valence electrons. The Bertz CT molecular complexity index is 1900. The number of Topliss-reactive ketones (excluding diaryl/α,β-unsaturated/α-hetero) is 1. The summed E-state index contributed by atoms with van der Waals surface area (Å²) in [6.45, 7) is 0.967. The number of ether oxygens (including phenoxy) is 2. The number of H-pyrrole nitrogens is 1. The Kier molecular flexibility index (Phi) is 9.38. The summed E-state index contributed by atoms with van der Waals surface area (Å²) in [5.41, 5.74) is 4.47. The van der Waals surface area contributed by atoms with E-state index >= 15 is 4.39 Å². The summed E-state index contributed by atoms with van der Waals surface area (Å²) in [5.74, 6) is -0.149. The third-order valence-electron chi connectivity index (χ3n) is 11.7. The number of halogens is 1. The Morgan fingerprint density at radius 3 is 2.75 bits per heavy atom. The minimum atomic E-state index is -1.31. The van der Waals surface area contributed by atoms with Gasteiger partial charge in [0.05, 0.1) is 43.0 Å². The van der Waals surface area contributed by atoms with Crippen molar-refractivity contribution in [2.24, 2.45) is 5.92 Å². The van der Waals surface area contributed by atoms with Crippen molar-refractivity contribution in [3.05, 3.63) is 108 Å². The molecule has 0 spiro atoms. The SMILES string of the molecule is COc1ccc2[nH]cc(CCNC3C(F)CC4C(=O)C(C(=O)N(C)CCc5ccccn5)=CN5C6CC(c7ccccc7)CCC6OC3C45)c2c1. The molecule has 2 aromatic carbocycles. The monoisotopic (exact) mass is 691 g/mol. The van der Waals surface area contributed by atoms with E-state index < -0.39 is 24.2 Å². The summed E-state index contributed by atoms with van der Waals surface area (Å²) >= 11 is 0. The molecule has 51 heavy (non-hydrogen) atoms. The molecule has 4 heterocycles. The van der Waals surface area contributed by atoms with Crippen LogP contribution in [-0.2, 0) is 27.2 Å². The van der Waals surface area contributed by atoms with Crippen molar-refractivity contribution in [1.82, 2.24) is 25.1 Å². The van der Waals surface area contributed by atoms with E-state index in [9.17, 15) is 9.59 Å². The number of nitrogens with one attached hydrogen (secondary N) is 2. The van der Waals surface area contributed by atoms with Crippen molar-refractivity contribution in [2.45, 2.75) is 80.9 Å². The van der Waals surface area contributed by atoms with Crippen LogP contribution in [0.15, 0.2) is 90.9 Å². The van der Waals surface area contributed by atoms with Crippen molar-refractivity contribution in [1.29, 1.82) is 0 Å². The third-order valence-corrected chi connectivity index (χ3v) is 11.7. The van der Waals surface area contributed by atoms with Gasteiger partial charge in [-0.05, 0) is 86.0 Å². The van der Waals surface area contributed by atoms with Crippen LogP contribution >= 0.6 is 0 Å². The largest absolute Gasteiger partial charge is 0.497 e. The first-order valence-electron chi connectivity index (χ1n) is 18.3. The first kappa shape index (κ1) is 33.6. The fourth-order valence-electron chi connectivity index (χ4n) is 9.02. The quantitative estimate of drug-likeness (QED) is 0.216. The van der Waals surface area contributed by atoms with Gasteiger partial charge in [0.15, 0.2) is 5.78 Å². The Balaban J connectivity index is 1.06. The molecule has 1 amide bonds. The van der Waals surface area contributed by atoms with Gasteiger partial charge in [-0.25, -0.2) is 4.39 Å². The average Bonchev–Trinajstić information content (AvgIpc) is 3.58. The Labute approximate surface area is 298 Å². The van der Waals surface area contributed by atoms with Gasteiger partial charge in [-0.15, -0.1) is 0 Å². The normalized spacial score (nSPS) is 28.5. The van der Waals surface area contributed by atoms with E-state index in [0.29, 0.717) is 31.8 Å². The topological polar surface area (TPSA) is 99.8 Å². The fraction of sp³-hybridized carbons (Fsp3) is 0.439. The maximum atomic E-state index is 16.4. The van der Waals surface area contributed by atoms with Crippen LogP contribution < -0.4 is 10.1 Å². The van der Waals surface area contributed by atoms with Crippen LogP contribution in [0.1, 0.15) is 48.4 Å². The number of fused-ring (bicyclic) bond motifs is 3. The van der Waals surface area contributed by atoms with Crippen LogP contribution in [0.5, 0.6) is 5.75 Å². The lowest BCUT2D eigenvalue weighted by atomic mass is 9.68. The predicted octanol–water partition coefficient (Wildman–Crippen LogP) is 5.37. The van der Waals surface area contributed by atoms with Crippen molar-refractivity contribution in [3.8, 4) is 5.75 Å². The van der Waals surface area contributed by atoms with Crippen molar-refractivity contribution in [2.75, 3.05) is 27.2 Å². The summed E-state index contributed by atoms with van der Waals surface area (Å²) in [7, 11) is 3.38. The Morgan fingerprint density at radius 1 is 1.10 bits per heavy atom. The van der Waals surface area contributed by atoms with Gasteiger partial charge < -0.3 is 29.6 Å². The summed E-state index contributed by atoms with van der Waals surface area (Å²) in [6.07, 6.45) is 7.52. The first-order chi connectivity index (χ1) is 24.9. The van der Waals surface area contributed by atoms with Gasteiger partial charge in [-0.1, -0.05) is 36.4 Å². The highest BCUT2D eigenvalue weighted by molar-refractivity contribution is 6.20. The highest BCUT2D eigenvalue weighted by atomic mass is 19.1. The van der Waals surface area contributed by atoms with E-state index in [2.05, 4.69) is 44.5 Å². The Morgan fingerprint density at radius 2 is 1.94 bits per heavy atom. The van der Waals surface area contributed by atoms with Crippen LogP contribution in [0.2, 0.25) is 0 Å². The number of alkyl halides is 1. The van der Waals surface area contributed by atoms with Crippen molar-refractivity contribution in [3.63, 3.8) is 0 Å². The highest BCUT2D eigenvalue weighted by Gasteiger charge is 2.59. The molecule has 2 N–H and O–H groups in total. The lowest BCUT2D eigenvalue weighted by Gasteiger charge is -2.59. The number of likely N-dealkylation sites (N-methyl/N-ethyl adjacent to an activating group) is 1. The maximum absolute atomic E-state index is 16.4.